The Labute approximate surface area is 153 Å². The molecule has 0 aliphatic carbocycles. The van der Waals surface area contributed by atoms with E-state index in [4.69, 9.17) is 0 Å². The molecule has 0 saturated carbocycles. The largest absolute Gasteiger partial charge is 0.321 e. The fourth-order valence-corrected chi connectivity index (χ4v) is 3.32. The summed E-state index contributed by atoms with van der Waals surface area (Å²) < 4.78 is 0. The molecule has 126 valence electrons. The maximum atomic E-state index is 12.1. The minimum atomic E-state index is -0.239. The molecule has 0 aliphatic heterocycles. The molecule has 0 aliphatic rings. The number of thiophene rings is 2. The van der Waals surface area contributed by atoms with Crippen LogP contribution in [0.1, 0.15) is 31.8 Å². The van der Waals surface area contributed by atoms with Crippen LogP contribution in [0, 0.1) is 0 Å². The molecule has 2 N–H and O–H groups in total. The molecule has 0 bridgehead atoms. The number of carbonyl (C=O) groups excluding carboxylic acids is 2. The summed E-state index contributed by atoms with van der Waals surface area (Å²) in [6.45, 7) is 1.80. The lowest BCUT2D eigenvalue weighted by atomic mass is 10.1. The van der Waals surface area contributed by atoms with Crippen LogP contribution in [0.2, 0.25) is 0 Å². The van der Waals surface area contributed by atoms with E-state index in [2.05, 4.69) is 15.8 Å². The highest BCUT2D eigenvalue weighted by Crippen LogP contribution is 2.15. The maximum Gasteiger partial charge on any atom is 0.281 e. The van der Waals surface area contributed by atoms with Gasteiger partial charge in [-0.3, -0.25) is 9.59 Å². The number of amides is 2. The average molecular weight is 369 g/mol. The van der Waals surface area contributed by atoms with Crippen molar-refractivity contribution in [2.75, 3.05) is 5.32 Å². The number of benzene rings is 1. The third-order valence-electron chi connectivity index (χ3n) is 3.35. The Kier molecular flexibility index (Phi) is 5.37. The molecule has 2 heterocycles. The normalized spacial score (nSPS) is 11.2. The van der Waals surface area contributed by atoms with Crippen LogP contribution in [0.5, 0.6) is 0 Å². The van der Waals surface area contributed by atoms with Gasteiger partial charge in [-0.15, -0.1) is 22.7 Å². The predicted octanol–water partition coefficient (Wildman–Crippen LogP) is 4.22. The van der Waals surface area contributed by atoms with Gasteiger partial charge >= 0.3 is 0 Å². The van der Waals surface area contributed by atoms with Crippen molar-refractivity contribution in [1.82, 2.24) is 5.43 Å². The molecule has 7 heteroatoms. The van der Waals surface area contributed by atoms with Crippen molar-refractivity contribution in [2.45, 2.75) is 6.92 Å². The second-order valence-corrected chi connectivity index (χ2v) is 7.02. The van der Waals surface area contributed by atoms with Crippen molar-refractivity contribution >= 4 is 45.9 Å². The number of hydrogen-bond donors (Lipinski definition) is 2. The summed E-state index contributed by atoms with van der Waals surface area (Å²) in [4.78, 5) is 25.3. The molecule has 2 aromatic heterocycles. The van der Waals surface area contributed by atoms with Crippen LogP contribution < -0.4 is 10.7 Å². The summed E-state index contributed by atoms with van der Waals surface area (Å²) in [7, 11) is 0. The van der Waals surface area contributed by atoms with E-state index in [9.17, 15) is 9.59 Å². The predicted molar refractivity (Wildman–Crippen MR) is 103 cm³/mol. The lowest BCUT2D eigenvalue weighted by Gasteiger charge is -2.07. The van der Waals surface area contributed by atoms with Gasteiger partial charge in [-0.25, -0.2) is 5.43 Å². The first-order valence-electron chi connectivity index (χ1n) is 7.47. The van der Waals surface area contributed by atoms with Gasteiger partial charge in [0, 0.05) is 5.69 Å². The summed E-state index contributed by atoms with van der Waals surface area (Å²) >= 11 is 2.75. The Hall–Kier alpha value is -2.77. The zero-order valence-electron chi connectivity index (χ0n) is 13.4. The molecule has 3 aromatic rings. The van der Waals surface area contributed by atoms with E-state index in [1.165, 1.54) is 22.7 Å². The van der Waals surface area contributed by atoms with Crippen molar-refractivity contribution in [3.63, 3.8) is 0 Å². The number of hydrogen-bond acceptors (Lipinski definition) is 5. The van der Waals surface area contributed by atoms with Gasteiger partial charge in [0.2, 0.25) is 0 Å². The van der Waals surface area contributed by atoms with Crippen molar-refractivity contribution in [2.24, 2.45) is 5.10 Å². The Morgan fingerprint density at radius 2 is 1.60 bits per heavy atom. The average Bonchev–Trinajstić information content (AvgIpc) is 3.33. The first-order valence-corrected chi connectivity index (χ1v) is 9.23. The van der Waals surface area contributed by atoms with Crippen LogP contribution in [0.3, 0.4) is 0 Å². The standard InChI is InChI=1S/C18H15N3O2S2/c1-12(20-21-18(23)16-8-4-10-25-16)13-5-2-6-14(11-13)19-17(22)15-7-3-9-24-15/h2-11H,1H3,(H,19,22)(H,21,23)/b20-12+. The van der Waals surface area contributed by atoms with E-state index in [1.807, 2.05) is 47.2 Å². The van der Waals surface area contributed by atoms with Gasteiger partial charge in [-0.1, -0.05) is 24.3 Å². The molecule has 5 nitrogen and oxygen atoms in total. The quantitative estimate of drug-likeness (QED) is 0.522. The second-order valence-electron chi connectivity index (χ2n) is 5.13. The number of nitrogens with zero attached hydrogens (tertiary/aromatic N) is 1. The van der Waals surface area contributed by atoms with Gasteiger partial charge in [0.1, 0.15) is 0 Å². The summed E-state index contributed by atoms with van der Waals surface area (Å²) in [5.74, 6) is -0.385. The van der Waals surface area contributed by atoms with E-state index >= 15 is 0 Å². The van der Waals surface area contributed by atoms with Gasteiger partial charge in [0.05, 0.1) is 15.5 Å². The lowest BCUT2D eigenvalue weighted by molar-refractivity contribution is 0.0958. The van der Waals surface area contributed by atoms with Crippen LogP contribution in [0.15, 0.2) is 64.4 Å². The molecule has 2 amide bonds. The van der Waals surface area contributed by atoms with E-state index in [0.717, 1.165) is 5.56 Å². The van der Waals surface area contributed by atoms with E-state index in [-0.39, 0.29) is 11.8 Å². The molecule has 0 atom stereocenters. The highest BCUT2D eigenvalue weighted by molar-refractivity contribution is 7.12. The minimum absolute atomic E-state index is 0.146. The Bertz CT molecular complexity index is 900. The maximum absolute atomic E-state index is 12.1. The fraction of sp³-hybridized carbons (Fsp3) is 0.0556. The van der Waals surface area contributed by atoms with Gasteiger partial charge < -0.3 is 5.32 Å². The Balaban J connectivity index is 1.68. The summed E-state index contributed by atoms with van der Waals surface area (Å²) in [5, 5.41) is 10.7. The Morgan fingerprint density at radius 3 is 2.24 bits per heavy atom. The molecular formula is C18H15N3O2S2. The number of hydrazone groups is 1. The smallest absolute Gasteiger partial charge is 0.281 e. The molecule has 0 unspecified atom stereocenters. The minimum Gasteiger partial charge on any atom is -0.321 e. The number of nitrogens with one attached hydrogen (secondary N) is 2. The van der Waals surface area contributed by atoms with Crippen molar-refractivity contribution < 1.29 is 9.59 Å². The molecule has 0 radical (unpaired) electrons. The highest BCUT2D eigenvalue weighted by atomic mass is 32.1. The highest BCUT2D eigenvalue weighted by Gasteiger charge is 2.08. The van der Waals surface area contributed by atoms with Crippen LogP contribution in [-0.4, -0.2) is 17.5 Å². The molecule has 0 spiro atoms. The molecule has 0 saturated heterocycles. The van der Waals surface area contributed by atoms with E-state index in [1.54, 1.807) is 19.1 Å². The van der Waals surface area contributed by atoms with E-state index < -0.39 is 0 Å². The number of anilines is 1. The molecule has 1 aromatic carbocycles. The zero-order chi connectivity index (χ0) is 17.6. The van der Waals surface area contributed by atoms with E-state index in [0.29, 0.717) is 21.2 Å². The summed E-state index contributed by atoms with van der Waals surface area (Å²) in [6.07, 6.45) is 0. The van der Waals surface area contributed by atoms with Crippen molar-refractivity contribution in [3.8, 4) is 0 Å². The fourth-order valence-electron chi connectivity index (χ4n) is 2.08. The third-order valence-corrected chi connectivity index (χ3v) is 5.09. The summed E-state index contributed by atoms with van der Waals surface area (Å²) in [6, 6.07) is 14.5. The second kappa shape index (κ2) is 7.87. The SMILES string of the molecule is C/C(=N\NC(=O)c1cccs1)c1cccc(NC(=O)c2cccs2)c1. The lowest BCUT2D eigenvalue weighted by Crippen LogP contribution is -2.18. The van der Waals surface area contributed by atoms with Gasteiger partial charge in [-0.2, -0.15) is 5.10 Å². The number of carbonyl (C=O) groups is 2. The first kappa shape index (κ1) is 17.1. The Morgan fingerprint density at radius 1 is 0.920 bits per heavy atom. The van der Waals surface area contributed by atoms with Crippen molar-refractivity contribution in [1.29, 1.82) is 0 Å². The molecular weight excluding hydrogens is 354 g/mol. The van der Waals surface area contributed by atoms with Crippen LogP contribution in [-0.2, 0) is 0 Å². The monoisotopic (exact) mass is 369 g/mol. The first-order chi connectivity index (χ1) is 12.1. The molecule has 3 rings (SSSR count). The van der Waals surface area contributed by atoms with Crippen LogP contribution in [0.4, 0.5) is 5.69 Å². The van der Waals surface area contributed by atoms with Crippen LogP contribution >= 0.6 is 22.7 Å². The van der Waals surface area contributed by atoms with Crippen LogP contribution in [0.25, 0.3) is 0 Å². The number of rotatable bonds is 5. The summed E-state index contributed by atoms with van der Waals surface area (Å²) in [5.41, 5.74) is 4.68. The topological polar surface area (TPSA) is 70.6 Å². The van der Waals surface area contributed by atoms with Crippen molar-refractivity contribution in [3.05, 3.63) is 74.6 Å². The third kappa shape index (κ3) is 4.40. The van der Waals surface area contributed by atoms with Gasteiger partial charge in [0.25, 0.3) is 11.8 Å². The zero-order valence-corrected chi connectivity index (χ0v) is 15.0. The molecule has 0 fully saturated rings. The molecule has 25 heavy (non-hydrogen) atoms. The van der Waals surface area contributed by atoms with Gasteiger partial charge in [-0.05, 0) is 47.5 Å². The van der Waals surface area contributed by atoms with Gasteiger partial charge in [0.15, 0.2) is 0 Å².